The van der Waals surface area contributed by atoms with Crippen LogP contribution >= 0.6 is 11.6 Å². The monoisotopic (exact) mass is 399 g/mol. The van der Waals surface area contributed by atoms with E-state index in [2.05, 4.69) is 10.3 Å². The molecule has 5 nitrogen and oxygen atoms in total. The van der Waals surface area contributed by atoms with Crippen LogP contribution in [0.2, 0.25) is 5.02 Å². The summed E-state index contributed by atoms with van der Waals surface area (Å²) in [7, 11) is 0. The Hall–Kier alpha value is -2.99. The maximum absolute atomic E-state index is 13.3. The SMILES string of the molecule is CCc1c(C)nc(-c2ccc(F)cc2)n(CC(=O)Nc2cccc(Cl)c2)c1=O. The highest BCUT2D eigenvalue weighted by molar-refractivity contribution is 6.30. The van der Waals surface area contributed by atoms with Crippen LogP contribution in [0.25, 0.3) is 11.4 Å². The molecule has 0 bridgehead atoms. The van der Waals surface area contributed by atoms with Gasteiger partial charge in [0, 0.05) is 27.5 Å². The van der Waals surface area contributed by atoms with E-state index in [0.29, 0.717) is 39.8 Å². The Morgan fingerprint density at radius 2 is 1.93 bits per heavy atom. The van der Waals surface area contributed by atoms with Gasteiger partial charge in [0.05, 0.1) is 0 Å². The first-order chi connectivity index (χ1) is 13.4. The number of rotatable bonds is 5. The van der Waals surface area contributed by atoms with Gasteiger partial charge in [0.25, 0.3) is 5.56 Å². The number of hydrogen-bond donors (Lipinski definition) is 1. The third-order valence-electron chi connectivity index (χ3n) is 4.34. The maximum Gasteiger partial charge on any atom is 0.257 e. The van der Waals surface area contributed by atoms with E-state index in [0.717, 1.165) is 0 Å². The summed E-state index contributed by atoms with van der Waals surface area (Å²) in [5, 5.41) is 3.22. The second-order valence-corrected chi connectivity index (χ2v) is 6.75. The normalized spacial score (nSPS) is 10.7. The fraction of sp³-hybridized carbons (Fsp3) is 0.190. The van der Waals surface area contributed by atoms with Crippen molar-refractivity contribution in [3.8, 4) is 11.4 Å². The van der Waals surface area contributed by atoms with Gasteiger partial charge in [-0.1, -0.05) is 24.6 Å². The van der Waals surface area contributed by atoms with Gasteiger partial charge in [-0.3, -0.25) is 14.2 Å². The molecule has 0 aliphatic heterocycles. The van der Waals surface area contributed by atoms with Crippen molar-refractivity contribution in [2.24, 2.45) is 0 Å². The number of hydrogen-bond acceptors (Lipinski definition) is 3. The lowest BCUT2D eigenvalue weighted by Gasteiger charge is -2.15. The number of aromatic nitrogens is 2. The molecular formula is C21H19ClFN3O2. The number of carbonyl (C=O) groups is 1. The predicted molar refractivity (Wildman–Crippen MR) is 108 cm³/mol. The summed E-state index contributed by atoms with van der Waals surface area (Å²) in [6.07, 6.45) is 0.497. The van der Waals surface area contributed by atoms with Crippen molar-refractivity contribution in [1.29, 1.82) is 0 Å². The van der Waals surface area contributed by atoms with E-state index >= 15 is 0 Å². The van der Waals surface area contributed by atoms with Crippen LogP contribution in [-0.4, -0.2) is 15.5 Å². The number of halogens is 2. The minimum Gasteiger partial charge on any atom is -0.324 e. The van der Waals surface area contributed by atoms with Crippen LogP contribution in [0.4, 0.5) is 10.1 Å². The summed E-state index contributed by atoms with van der Waals surface area (Å²) >= 11 is 5.94. The summed E-state index contributed by atoms with van der Waals surface area (Å²) < 4.78 is 14.6. The molecule has 0 atom stereocenters. The number of carbonyl (C=O) groups excluding carboxylic acids is 1. The quantitative estimate of drug-likeness (QED) is 0.698. The molecular weight excluding hydrogens is 381 g/mol. The lowest BCUT2D eigenvalue weighted by molar-refractivity contribution is -0.116. The van der Waals surface area contributed by atoms with Gasteiger partial charge in [-0.25, -0.2) is 9.37 Å². The van der Waals surface area contributed by atoms with Crippen LogP contribution in [0.5, 0.6) is 0 Å². The minimum absolute atomic E-state index is 0.224. The number of anilines is 1. The molecule has 28 heavy (non-hydrogen) atoms. The van der Waals surface area contributed by atoms with Crippen LogP contribution in [-0.2, 0) is 17.8 Å². The van der Waals surface area contributed by atoms with Gasteiger partial charge in [-0.2, -0.15) is 0 Å². The molecule has 3 aromatic rings. The Bertz CT molecular complexity index is 1080. The maximum atomic E-state index is 13.3. The Kier molecular flexibility index (Phi) is 5.90. The summed E-state index contributed by atoms with van der Waals surface area (Å²) in [4.78, 5) is 30.1. The van der Waals surface area contributed by atoms with Gasteiger partial charge < -0.3 is 5.32 Å². The zero-order chi connectivity index (χ0) is 20.3. The van der Waals surface area contributed by atoms with Crippen molar-refractivity contribution < 1.29 is 9.18 Å². The van der Waals surface area contributed by atoms with Crippen molar-refractivity contribution >= 4 is 23.2 Å². The van der Waals surface area contributed by atoms with E-state index in [1.165, 1.54) is 28.8 Å². The molecule has 7 heteroatoms. The number of benzene rings is 2. The van der Waals surface area contributed by atoms with E-state index in [4.69, 9.17) is 11.6 Å². The number of aryl methyl sites for hydroxylation is 1. The summed E-state index contributed by atoms with van der Waals surface area (Å²) in [6, 6.07) is 12.4. The average Bonchev–Trinajstić information content (AvgIpc) is 2.65. The lowest BCUT2D eigenvalue weighted by Crippen LogP contribution is -2.32. The first kappa shape index (κ1) is 19.8. The highest BCUT2D eigenvalue weighted by atomic mass is 35.5. The lowest BCUT2D eigenvalue weighted by atomic mass is 10.1. The van der Waals surface area contributed by atoms with Gasteiger partial charge in [0.1, 0.15) is 18.2 Å². The molecule has 0 saturated heterocycles. The van der Waals surface area contributed by atoms with Gasteiger partial charge in [-0.15, -0.1) is 0 Å². The van der Waals surface area contributed by atoms with E-state index in [1.807, 2.05) is 6.92 Å². The van der Waals surface area contributed by atoms with Crippen LogP contribution in [0, 0.1) is 12.7 Å². The second-order valence-electron chi connectivity index (χ2n) is 6.31. The van der Waals surface area contributed by atoms with Crippen LogP contribution in [0.15, 0.2) is 53.3 Å². The summed E-state index contributed by atoms with van der Waals surface area (Å²) in [6.45, 7) is 3.39. The average molecular weight is 400 g/mol. The van der Waals surface area contributed by atoms with Crippen LogP contribution < -0.4 is 10.9 Å². The zero-order valence-electron chi connectivity index (χ0n) is 15.5. The van der Waals surface area contributed by atoms with Crippen LogP contribution in [0.1, 0.15) is 18.2 Å². The number of nitrogens with zero attached hydrogens (tertiary/aromatic N) is 2. The molecule has 0 unspecified atom stereocenters. The number of nitrogens with one attached hydrogen (secondary N) is 1. The highest BCUT2D eigenvalue weighted by Gasteiger charge is 2.17. The molecule has 0 aliphatic rings. The highest BCUT2D eigenvalue weighted by Crippen LogP contribution is 2.19. The standard InChI is InChI=1S/C21H19ClFN3O2/c1-3-18-13(2)24-20(14-7-9-16(23)10-8-14)26(21(18)28)12-19(27)25-17-6-4-5-15(22)11-17/h4-11H,3,12H2,1-2H3,(H,25,27). The first-order valence-corrected chi connectivity index (χ1v) is 9.18. The molecule has 3 rings (SSSR count). The predicted octanol–water partition coefficient (Wildman–Crippen LogP) is 4.21. The molecule has 2 aromatic carbocycles. The Morgan fingerprint density at radius 1 is 1.21 bits per heavy atom. The van der Waals surface area contributed by atoms with Crippen molar-refractivity contribution in [3.63, 3.8) is 0 Å². The van der Waals surface area contributed by atoms with Crippen molar-refractivity contribution in [1.82, 2.24) is 9.55 Å². The van der Waals surface area contributed by atoms with Crippen molar-refractivity contribution in [2.45, 2.75) is 26.8 Å². The fourth-order valence-electron chi connectivity index (χ4n) is 2.98. The summed E-state index contributed by atoms with van der Waals surface area (Å²) in [5.41, 5.74) is 1.94. The molecule has 1 N–H and O–H groups in total. The Morgan fingerprint density at radius 3 is 2.57 bits per heavy atom. The third kappa shape index (κ3) is 4.28. The smallest absolute Gasteiger partial charge is 0.257 e. The van der Waals surface area contributed by atoms with E-state index < -0.39 is 5.82 Å². The minimum atomic E-state index is -0.391. The Labute approximate surface area is 166 Å². The van der Waals surface area contributed by atoms with Gasteiger partial charge in [0.15, 0.2) is 0 Å². The van der Waals surface area contributed by atoms with Gasteiger partial charge >= 0.3 is 0 Å². The van der Waals surface area contributed by atoms with E-state index in [1.54, 1.807) is 31.2 Å². The summed E-state index contributed by atoms with van der Waals surface area (Å²) in [5.74, 6) is -0.459. The Balaban J connectivity index is 2.01. The molecule has 1 aromatic heterocycles. The zero-order valence-corrected chi connectivity index (χ0v) is 16.3. The molecule has 0 radical (unpaired) electrons. The largest absolute Gasteiger partial charge is 0.324 e. The fourth-order valence-corrected chi connectivity index (χ4v) is 3.17. The molecule has 0 aliphatic carbocycles. The third-order valence-corrected chi connectivity index (χ3v) is 4.57. The first-order valence-electron chi connectivity index (χ1n) is 8.80. The van der Waals surface area contributed by atoms with Crippen molar-refractivity contribution in [3.05, 3.63) is 81.0 Å². The topological polar surface area (TPSA) is 64.0 Å². The molecule has 144 valence electrons. The van der Waals surface area contributed by atoms with E-state index in [9.17, 15) is 14.0 Å². The van der Waals surface area contributed by atoms with Crippen molar-refractivity contribution in [2.75, 3.05) is 5.32 Å². The van der Waals surface area contributed by atoms with Crippen LogP contribution in [0.3, 0.4) is 0 Å². The molecule has 1 heterocycles. The molecule has 0 spiro atoms. The molecule has 0 fully saturated rings. The van der Waals surface area contributed by atoms with Gasteiger partial charge in [-0.05, 0) is 55.8 Å². The molecule has 0 saturated carbocycles. The number of amides is 1. The van der Waals surface area contributed by atoms with Gasteiger partial charge in [0.2, 0.25) is 5.91 Å². The second kappa shape index (κ2) is 8.35. The van der Waals surface area contributed by atoms with E-state index in [-0.39, 0.29) is 18.0 Å². The molecule has 1 amide bonds.